The second kappa shape index (κ2) is 15.1. The first-order valence-corrected chi connectivity index (χ1v) is 17.1. The molecule has 2 aliphatic heterocycles. The smallest absolute Gasteiger partial charge is 0.306 e. The van der Waals surface area contributed by atoms with Crippen molar-refractivity contribution in [2.45, 2.75) is 68.9 Å². The van der Waals surface area contributed by atoms with Gasteiger partial charge in [0.2, 0.25) is 5.91 Å². The molecular weight excluding hydrogens is 661 g/mol. The van der Waals surface area contributed by atoms with Crippen molar-refractivity contribution < 1.29 is 38.1 Å². The summed E-state index contributed by atoms with van der Waals surface area (Å²) in [6, 6.07) is 10.4. The Bertz CT molecular complexity index is 1630. The lowest BCUT2D eigenvalue weighted by molar-refractivity contribution is -0.144. The van der Waals surface area contributed by atoms with Gasteiger partial charge in [-0.05, 0) is 55.9 Å². The summed E-state index contributed by atoms with van der Waals surface area (Å²) in [5.74, 6) is -1.57. The molecule has 3 heterocycles. The number of amides is 2. The number of carbonyl (C=O) groups is 3. The summed E-state index contributed by atoms with van der Waals surface area (Å²) >= 11 is 13.3. The van der Waals surface area contributed by atoms with Crippen molar-refractivity contribution in [1.29, 1.82) is 0 Å². The van der Waals surface area contributed by atoms with Gasteiger partial charge in [-0.15, -0.1) is 0 Å². The fourth-order valence-corrected chi connectivity index (χ4v) is 7.76. The molecule has 2 saturated heterocycles. The van der Waals surface area contributed by atoms with Gasteiger partial charge >= 0.3 is 5.97 Å². The number of likely N-dealkylation sites (tertiary alicyclic amines) is 2. The highest BCUT2D eigenvalue weighted by molar-refractivity contribution is 6.36. The number of furan rings is 1. The lowest BCUT2D eigenvalue weighted by Crippen LogP contribution is -2.41. The predicted molar refractivity (Wildman–Crippen MR) is 181 cm³/mol. The van der Waals surface area contributed by atoms with Crippen LogP contribution in [-0.2, 0) is 30.2 Å². The van der Waals surface area contributed by atoms with Crippen molar-refractivity contribution in [2.24, 2.45) is 5.92 Å². The van der Waals surface area contributed by atoms with E-state index >= 15 is 0 Å². The molecule has 3 fully saturated rings. The average molecular weight is 703 g/mol. The Balaban J connectivity index is 1.14. The number of carboxylic acids is 1. The number of fused-ring (bicyclic) bond motifs is 1. The van der Waals surface area contributed by atoms with E-state index in [2.05, 4.69) is 10.2 Å². The van der Waals surface area contributed by atoms with Crippen LogP contribution in [0.25, 0.3) is 11.0 Å². The summed E-state index contributed by atoms with van der Waals surface area (Å²) in [4.78, 5) is 42.6. The molecule has 258 valence electrons. The first kappa shape index (κ1) is 34.7. The number of carboxylic acid groups (broad SMARTS) is 1. The largest absolute Gasteiger partial charge is 0.481 e. The Morgan fingerprint density at radius 1 is 0.979 bits per heavy atom. The number of ether oxygens (including phenoxy) is 3. The van der Waals surface area contributed by atoms with Crippen LogP contribution < -0.4 is 5.32 Å². The van der Waals surface area contributed by atoms with Crippen LogP contribution >= 0.6 is 23.2 Å². The summed E-state index contributed by atoms with van der Waals surface area (Å²) in [5.41, 5.74) is 1.84. The summed E-state index contributed by atoms with van der Waals surface area (Å²) in [7, 11) is 3.37. The normalized spacial score (nSPS) is 26.3. The van der Waals surface area contributed by atoms with E-state index in [4.69, 9.17) is 41.8 Å². The summed E-state index contributed by atoms with van der Waals surface area (Å²) < 4.78 is 23.2. The maximum atomic E-state index is 14.0. The average Bonchev–Trinajstić information content (AvgIpc) is 3.83. The molecule has 2 amide bonds. The van der Waals surface area contributed by atoms with Crippen LogP contribution in [0.1, 0.15) is 48.0 Å². The molecule has 1 aromatic heterocycles. The van der Waals surface area contributed by atoms with Crippen LogP contribution in [0.3, 0.4) is 0 Å². The van der Waals surface area contributed by atoms with Gasteiger partial charge in [0.25, 0.3) is 5.91 Å². The molecule has 0 bridgehead atoms. The third-order valence-corrected chi connectivity index (χ3v) is 10.7. The zero-order valence-electron chi connectivity index (χ0n) is 27.0. The number of methoxy groups -OCH3 is 2. The zero-order valence-corrected chi connectivity index (χ0v) is 28.5. The number of benzene rings is 2. The van der Waals surface area contributed by atoms with Gasteiger partial charge < -0.3 is 34.0 Å². The number of hydrogen-bond donors (Lipinski definition) is 2. The fourth-order valence-electron chi connectivity index (χ4n) is 7.29. The number of rotatable bonds is 11. The van der Waals surface area contributed by atoms with Crippen LogP contribution in [0.15, 0.2) is 47.1 Å². The van der Waals surface area contributed by atoms with Crippen molar-refractivity contribution in [1.82, 2.24) is 9.80 Å². The van der Waals surface area contributed by atoms with E-state index in [1.807, 2.05) is 17.0 Å². The van der Waals surface area contributed by atoms with Gasteiger partial charge in [-0.1, -0.05) is 41.4 Å². The third-order valence-electron chi connectivity index (χ3n) is 10.1. The molecule has 11 nitrogen and oxygen atoms in total. The Morgan fingerprint density at radius 2 is 1.69 bits per heavy atom. The minimum Gasteiger partial charge on any atom is -0.481 e. The predicted octanol–water partition coefficient (Wildman–Crippen LogP) is 5.51. The maximum Gasteiger partial charge on any atom is 0.306 e. The number of para-hydroxylation sites is 1. The molecule has 6 rings (SSSR count). The number of carbonyl (C=O) groups excluding carboxylic acids is 2. The van der Waals surface area contributed by atoms with E-state index in [1.165, 1.54) is 6.26 Å². The molecule has 2 N–H and O–H groups in total. The molecule has 0 unspecified atom stereocenters. The molecule has 48 heavy (non-hydrogen) atoms. The van der Waals surface area contributed by atoms with Gasteiger partial charge in [-0.3, -0.25) is 19.3 Å². The van der Waals surface area contributed by atoms with Crippen molar-refractivity contribution in [3.05, 3.63) is 63.8 Å². The van der Waals surface area contributed by atoms with E-state index in [-0.39, 0.29) is 53.7 Å². The minimum absolute atomic E-state index is 0.0213. The molecule has 1 aliphatic carbocycles. The second-order valence-corrected chi connectivity index (χ2v) is 13.8. The standard InChI is InChI=1S/C35H41Cl2N3O8/c1-45-31-16-39(17-32(31)46-2)22-13-23(18-47-24-9-7-20(8-10-24)35(43)44)40(15-22)33(41)12-21-11-28(37)29(14-27(21)36)38-34(42)26-19-48-30-6-4-3-5-25(26)30/h3-6,11,14,19-20,22-24,31-32H,7-10,12-13,15-18H2,1-2H3,(H,38,42)(H,43,44)/t20?,22-,23-,24?,31+,32+/m0/s1. The zero-order chi connectivity index (χ0) is 33.9. The topological polar surface area (TPSA) is 131 Å². The summed E-state index contributed by atoms with van der Waals surface area (Å²) in [6.07, 6.45) is 4.58. The van der Waals surface area contributed by atoms with Crippen molar-refractivity contribution >= 4 is 57.6 Å². The van der Waals surface area contributed by atoms with Gasteiger partial charge in [-0.2, -0.15) is 0 Å². The van der Waals surface area contributed by atoms with Crippen LogP contribution in [0.5, 0.6) is 0 Å². The van der Waals surface area contributed by atoms with Gasteiger partial charge in [0.15, 0.2) is 0 Å². The Labute approximate surface area is 289 Å². The molecule has 0 radical (unpaired) electrons. The maximum absolute atomic E-state index is 14.0. The summed E-state index contributed by atoms with van der Waals surface area (Å²) in [5, 5.41) is 13.4. The van der Waals surface area contributed by atoms with E-state index in [9.17, 15) is 19.5 Å². The Hall–Kier alpha value is -3.19. The summed E-state index contributed by atoms with van der Waals surface area (Å²) in [6.45, 7) is 2.29. The van der Waals surface area contributed by atoms with Crippen molar-refractivity contribution in [3.8, 4) is 0 Å². The van der Waals surface area contributed by atoms with E-state index in [0.29, 0.717) is 84.7 Å². The van der Waals surface area contributed by atoms with Crippen LogP contribution in [0, 0.1) is 5.92 Å². The molecule has 3 aromatic rings. The number of aliphatic carboxylic acids is 1. The van der Waals surface area contributed by atoms with Crippen LogP contribution in [-0.4, -0.2) is 104 Å². The minimum atomic E-state index is -0.751. The van der Waals surface area contributed by atoms with Crippen LogP contribution in [0.4, 0.5) is 5.69 Å². The number of anilines is 1. The second-order valence-electron chi connectivity index (χ2n) is 12.9. The number of nitrogens with one attached hydrogen (secondary N) is 1. The molecule has 13 heteroatoms. The third kappa shape index (κ3) is 7.51. The number of nitrogens with zero attached hydrogens (tertiary/aromatic N) is 2. The van der Waals surface area contributed by atoms with Gasteiger partial charge in [0.05, 0.1) is 59.6 Å². The fraction of sp³-hybridized carbons (Fsp3) is 0.514. The number of halogens is 2. The monoisotopic (exact) mass is 701 g/mol. The lowest BCUT2D eigenvalue weighted by Gasteiger charge is -2.30. The Kier molecular flexibility index (Phi) is 10.9. The molecule has 1 saturated carbocycles. The van der Waals surface area contributed by atoms with Gasteiger partial charge in [0.1, 0.15) is 11.8 Å². The highest BCUT2D eigenvalue weighted by Crippen LogP contribution is 2.34. The molecule has 3 aliphatic rings. The van der Waals surface area contributed by atoms with Gasteiger partial charge in [-0.25, -0.2) is 0 Å². The SMILES string of the molecule is CO[C@@H]1CN([C@H]2C[C@@H](COC3CCC(C(=O)O)CC3)N(C(=O)Cc3cc(Cl)c(NC(=O)c4coc5ccccc45)cc3Cl)C2)C[C@H]1OC. The highest BCUT2D eigenvalue weighted by Gasteiger charge is 2.43. The van der Waals surface area contributed by atoms with Gasteiger partial charge in [0, 0.05) is 50.3 Å². The van der Waals surface area contributed by atoms with Crippen molar-refractivity contribution in [3.63, 3.8) is 0 Å². The quantitative estimate of drug-likeness (QED) is 0.266. The first-order valence-electron chi connectivity index (χ1n) is 16.3. The van der Waals surface area contributed by atoms with E-state index < -0.39 is 11.9 Å². The molecular formula is C35H41Cl2N3O8. The molecule has 4 atom stereocenters. The van der Waals surface area contributed by atoms with Crippen molar-refractivity contribution in [2.75, 3.05) is 45.8 Å². The lowest BCUT2D eigenvalue weighted by atomic mass is 9.87. The van der Waals surface area contributed by atoms with E-state index in [0.717, 1.165) is 6.42 Å². The van der Waals surface area contributed by atoms with Crippen LogP contribution in [0.2, 0.25) is 10.0 Å². The van der Waals surface area contributed by atoms with E-state index in [1.54, 1.807) is 38.5 Å². The molecule has 2 aromatic carbocycles. The molecule has 0 spiro atoms. The number of hydrogen-bond acceptors (Lipinski definition) is 8. The Morgan fingerprint density at radius 3 is 2.38 bits per heavy atom. The highest BCUT2D eigenvalue weighted by atomic mass is 35.5. The first-order chi connectivity index (χ1) is 23.1.